The van der Waals surface area contributed by atoms with E-state index in [4.69, 9.17) is 0 Å². The van der Waals surface area contributed by atoms with Crippen molar-refractivity contribution >= 4 is 22.0 Å². The van der Waals surface area contributed by atoms with E-state index in [2.05, 4.69) is 14.9 Å². The number of anilines is 1. The maximum atomic E-state index is 12.0. The summed E-state index contributed by atoms with van der Waals surface area (Å²) in [6.45, 7) is 1.61. The van der Waals surface area contributed by atoms with Crippen LogP contribution in [0.2, 0.25) is 0 Å². The van der Waals surface area contributed by atoms with E-state index in [0.717, 1.165) is 0 Å². The second-order valence-electron chi connectivity index (χ2n) is 3.71. The van der Waals surface area contributed by atoms with Gasteiger partial charge in [0.25, 0.3) is 10.0 Å². The van der Waals surface area contributed by atoms with Gasteiger partial charge in [0, 0.05) is 11.3 Å². The number of aryl methyl sites for hydroxylation is 1. The van der Waals surface area contributed by atoms with E-state index in [0.29, 0.717) is 23.2 Å². The fourth-order valence-electron chi connectivity index (χ4n) is 1.50. The molecule has 0 unspecified atom stereocenters. The number of hydrogen-bond donors (Lipinski definition) is 2. The van der Waals surface area contributed by atoms with Crippen molar-refractivity contribution in [3.05, 3.63) is 41.7 Å². The van der Waals surface area contributed by atoms with Gasteiger partial charge >= 0.3 is 0 Å². The number of aldehydes is 1. The first-order valence-corrected chi connectivity index (χ1v) is 6.59. The molecule has 0 aliphatic heterocycles. The third kappa shape index (κ3) is 2.40. The Morgan fingerprint density at radius 3 is 2.78 bits per heavy atom. The number of carbonyl (C=O) groups is 1. The van der Waals surface area contributed by atoms with Gasteiger partial charge in [0.1, 0.15) is 11.2 Å². The van der Waals surface area contributed by atoms with Gasteiger partial charge < -0.3 is 0 Å². The summed E-state index contributed by atoms with van der Waals surface area (Å²) in [6, 6.07) is 6.22. The molecule has 0 amide bonds. The molecule has 1 heterocycles. The summed E-state index contributed by atoms with van der Waals surface area (Å²) in [4.78, 5) is 10.7. The lowest BCUT2D eigenvalue weighted by molar-refractivity contribution is 0.112. The molecular formula is C11H11N3O3S. The SMILES string of the molecule is Cc1[nH]ncc1S(=O)(=O)Nc1cccc(C=O)c1. The lowest BCUT2D eigenvalue weighted by atomic mass is 10.2. The lowest BCUT2D eigenvalue weighted by Gasteiger charge is -2.07. The molecule has 2 N–H and O–H groups in total. The molecule has 0 saturated heterocycles. The summed E-state index contributed by atoms with van der Waals surface area (Å²) in [5.74, 6) is 0. The van der Waals surface area contributed by atoms with E-state index in [9.17, 15) is 13.2 Å². The first-order valence-electron chi connectivity index (χ1n) is 5.11. The highest BCUT2D eigenvalue weighted by molar-refractivity contribution is 7.92. The number of benzene rings is 1. The molecule has 6 nitrogen and oxygen atoms in total. The van der Waals surface area contributed by atoms with Crippen LogP contribution in [-0.2, 0) is 10.0 Å². The number of sulfonamides is 1. The van der Waals surface area contributed by atoms with E-state index >= 15 is 0 Å². The third-order valence-electron chi connectivity index (χ3n) is 2.35. The summed E-state index contributed by atoms with van der Waals surface area (Å²) >= 11 is 0. The highest BCUT2D eigenvalue weighted by Crippen LogP contribution is 2.17. The molecule has 0 radical (unpaired) electrons. The molecule has 18 heavy (non-hydrogen) atoms. The summed E-state index contributed by atoms with van der Waals surface area (Å²) in [5.41, 5.74) is 1.19. The minimum Gasteiger partial charge on any atom is -0.298 e. The molecule has 0 aliphatic rings. The Bertz CT molecular complexity index is 676. The quantitative estimate of drug-likeness (QED) is 0.816. The number of carbonyl (C=O) groups excluding carboxylic acids is 1. The zero-order chi connectivity index (χ0) is 13.2. The molecule has 2 rings (SSSR count). The minimum absolute atomic E-state index is 0.0824. The maximum Gasteiger partial charge on any atom is 0.265 e. The second-order valence-corrected chi connectivity index (χ2v) is 5.36. The van der Waals surface area contributed by atoms with Crippen molar-refractivity contribution in [3.63, 3.8) is 0 Å². The highest BCUT2D eigenvalue weighted by atomic mass is 32.2. The number of rotatable bonds is 4. The van der Waals surface area contributed by atoms with Gasteiger partial charge in [0.15, 0.2) is 0 Å². The van der Waals surface area contributed by atoms with Crippen LogP contribution in [0.5, 0.6) is 0 Å². The van der Waals surface area contributed by atoms with Gasteiger partial charge in [-0.15, -0.1) is 0 Å². The molecule has 2 aromatic rings. The molecule has 0 fully saturated rings. The first kappa shape index (κ1) is 12.3. The number of H-pyrrole nitrogens is 1. The van der Waals surface area contributed by atoms with Crippen LogP contribution in [0.4, 0.5) is 5.69 Å². The van der Waals surface area contributed by atoms with Crippen molar-refractivity contribution < 1.29 is 13.2 Å². The second kappa shape index (κ2) is 4.61. The number of hydrogen-bond acceptors (Lipinski definition) is 4. The van der Waals surface area contributed by atoms with E-state index < -0.39 is 10.0 Å². The monoisotopic (exact) mass is 265 g/mol. The van der Waals surface area contributed by atoms with Crippen molar-refractivity contribution in [1.82, 2.24) is 10.2 Å². The molecule has 1 aromatic carbocycles. The van der Waals surface area contributed by atoms with Gasteiger partial charge in [0.05, 0.1) is 11.9 Å². The predicted octanol–water partition coefficient (Wildman–Crippen LogP) is 1.33. The zero-order valence-electron chi connectivity index (χ0n) is 9.54. The van der Waals surface area contributed by atoms with Gasteiger partial charge in [-0.3, -0.25) is 14.6 Å². The molecule has 0 spiro atoms. The topological polar surface area (TPSA) is 91.9 Å². The third-order valence-corrected chi connectivity index (χ3v) is 3.84. The average Bonchev–Trinajstić information content (AvgIpc) is 2.76. The Morgan fingerprint density at radius 2 is 2.17 bits per heavy atom. The van der Waals surface area contributed by atoms with Crippen molar-refractivity contribution in [2.75, 3.05) is 4.72 Å². The fourth-order valence-corrected chi connectivity index (χ4v) is 2.68. The molecule has 94 valence electrons. The number of nitrogens with one attached hydrogen (secondary N) is 2. The van der Waals surface area contributed by atoms with Gasteiger partial charge in [-0.1, -0.05) is 12.1 Å². The summed E-state index contributed by atoms with van der Waals surface area (Å²) in [7, 11) is -3.69. The van der Waals surface area contributed by atoms with Crippen molar-refractivity contribution in [1.29, 1.82) is 0 Å². The van der Waals surface area contributed by atoms with E-state index in [-0.39, 0.29) is 4.90 Å². The van der Waals surface area contributed by atoms with Crippen molar-refractivity contribution in [3.8, 4) is 0 Å². The number of nitrogens with zero attached hydrogens (tertiary/aromatic N) is 1. The van der Waals surface area contributed by atoms with Crippen LogP contribution < -0.4 is 4.72 Å². The smallest absolute Gasteiger partial charge is 0.265 e. The minimum atomic E-state index is -3.69. The molecule has 7 heteroatoms. The molecule has 0 saturated carbocycles. The fraction of sp³-hybridized carbons (Fsp3) is 0.0909. The molecular weight excluding hydrogens is 254 g/mol. The van der Waals surface area contributed by atoms with E-state index in [1.807, 2.05) is 0 Å². The lowest BCUT2D eigenvalue weighted by Crippen LogP contribution is -2.13. The van der Waals surface area contributed by atoms with Crippen LogP contribution in [0.3, 0.4) is 0 Å². The Balaban J connectivity index is 2.33. The molecule has 0 atom stereocenters. The highest BCUT2D eigenvalue weighted by Gasteiger charge is 2.18. The summed E-state index contributed by atoms with van der Waals surface area (Å²) in [5, 5.41) is 6.22. The normalized spacial score (nSPS) is 11.2. The number of aromatic amines is 1. The van der Waals surface area contributed by atoms with Gasteiger partial charge in [-0.05, 0) is 19.1 Å². The van der Waals surface area contributed by atoms with Crippen LogP contribution >= 0.6 is 0 Å². The molecule has 0 aliphatic carbocycles. The Hall–Kier alpha value is -2.15. The first-order chi connectivity index (χ1) is 8.53. The van der Waals surface area contributed by atoms with E-state index in [1.54, 1.807) is 25.1 Å². The largest absolute Gasteiger partial charge is 0.298 e. The average molecular weight is 265 g/mol. The van der Waals surface area contributed by atoms with Crippen LogP contribution in [0.25, 0.3) is 0 Å². The van der Waals surface area contributed by atoms with Crippen LogP contribution in [0.15, 0.2) is 35.4 Å². The molecule has 1 aromatic heterocycles. The van der Waals surface area contributed by atoms with Gasteiger partial charge in [0.2, 0.25) is 0 Å². The van der Waals surface area contributed by atoms with Gasteiger partial charge in [-0.25, -0.2) is 8.42 Å². The predicted molar refractivity (Wildman–Crippen MR) is 66.0 cm³/mol. The van der Waals surface area contributed by atoms with Crippen LogP contribution in [-0.4, -0.2) is 24.9 Å². The Kier molecular flexibility index (Phi) is 3.15. The molecule has 0 bridgehead atoms. The van der Waals surface area contributed by atoms with Gasteiger partial charge in [-0.2, -0.15) is 5.10 Å². The maximum absolute atomic E-state index is 12.0. The van der Waals surface area contributed by atoms with Crippen LogP contribution in [0, 0.1) is 6.92 Å². The standard InChI is InChI=1S/C11H11N3O3S/c1-8-11(6-12-13-8)18(16,17)14-10-4-2-3-9(5-10)7-15/h2-7,14H,1H3,(H,12,13). The Morgan fingerprint density at radius 1 is 1.39 bits per heavy atom. The number of aromatic nitrogens is 2. The van der Waals surface area contributed by atoms with E-state index in [1.165, 1.54) is 12.3 Å². The summed E-state index contributed by atoms with van der Waals surface area (Å²) in [6.07, 6.45) is 1.89. The summed E-state index contributed by atoms with van der Waals surface area (Å²) < 4.78 is 26.4. The van der Waals surface area contributed by atoms with Crippen molar-refractivity contribution in [2.45, 2.75) is 11.8 Å². The Labute approximate surface area is 104 Å². The van der Waals surface area contributed by atoms with Crippen LogP contribution in [0.1, 0.15) is 16.1 Å². The van der Waals surface area contributed by atoms with Crippen molar-refractivity contribution in [2.24, 2.45) is 0 Å². The zero-order valence-corrected chi connectivity index (χ0v) is 10.4.